The van der Waals surface area contributed by atoms with Gasteiger partial charge < -0.3 is 4.90 Å². The molecule has 2 heterocycles. The number of amides is 1. The highest BCUT2D eigenvalue weighted by Gasteiger charge is 2.26. The summed E-state index contributed by atoms with van der Waals surface area (Å²) in [5.41, 5.74) is 2.38. The van der Waals surface area contributed by atoms with E-state index in [2.05, 4.69) is 17.1 Å². The van der Waals surface area contributed by atoms with Crippen LogP contribution in [0.1, 0.15) is 54.2 Å². The van der Waals surface area contributed by atoms with Crippen molar-refractivity contribution in [1.82, 2.24) is 15.1 Å². The van der Waals surface area contributed by atoms with Crippen LogP contribution in [0.25, 0.3) is 0 Å². The zero-order valence-corrected chi connectivity index (χ0v) is 15.1. The number of piperidine rings is 1. The molecule has 140 valence electrons. The third-order valence-electron chi connectivity index (χ3n) is 5.08. The van der Waals surface area contributed by atoms with Gasteiger partial charge in [0.05, 0.1) is 11.8 Å². The van der Waals surface area contributed by atoms with Gasteiger partial charge in [-0.3, -0.25) is 9.89 Å². The Hall–Kier alpha value is -2.24. The van der Waals surface area contributed by atoms with E-state index in [1.165, 1.54) is 12.1 Å². The van der Waals surface area contributed by atoms with Crippen LogP contribution in [0.15, 0.2) is 24.4 Å². The first kappa shape index (κ1) is 18.5. The van der Waals surface area contributed by atoms with Gasteiger partial charge in [-0.2, -0.15) is 5.10 Å². The second-order valence-corrected chi connectivity index (χ2v) is 7.06. The Morgan fingerprint density at radius 2 is 2.15 bits per heavy atom. The Morgan fingerprint density at radius 1 is 1.31 bits per heavy atom. The van der Waals surface area contributed by atoms with Gasteiger partial charge in [-0.25, -0.2) is 8.78 Å². The number of benzene rings is 1. The van der Waals surface area contributed by atoms with Gasteiger partial charge in [0, 0.05) is 18.8 Å². The van der Waals surface area contributed by atoms with Crippen LogP contribution in [0.3, 0.4) is 0 Å². The van der Waals surface area contributed by atoms with E-state index in [9.17, 15) is 13.6 Å². The average Bonchev–Trinajstić information content (AvgIpc) is 3.11. The number of aromatic nitrogens is 2. The number of rotatable bonds is 6. The summed E-state index contributed by atoms with van der Waals surface area (Å²) in [6.45, 7) is 3.54. The fourth-order valence-electron chi connectivity index (χ4n) is 3.66. The molecular formula is C20H25F2N3O. The zero-order valence-electron chi connectivity index (χ0n) is 15.1. The minimum absolute atomic E-state index is 0.0414. The maximum absolute atomic E-state index is 13.3. The van der Waals surface area contributed by atoms with Gasteiger partial charge in [0.25, 0.3) is 5.91 Å². The van der Waals surface area contributed by atoms with Gasteiger partial charge in [-0.15, -0.1) is 0 Å². The smallest absolute Gasteiger partial charge is 0.257 e. The molecule has 1 aliphatic rings. The van der Waals surface area contributed by atoms with Crippen LogP contribution < -0.4 is 0 Å². The lowest BCUT2D eigenvalue weighted by atomic mass is 9.91. The van der Waals surface area contributed by atoms with E-state index in [-0.39, 0.29) is 5.91 Å². The fourth-order valence-corrected chi connectivity index (χ4v) is 3.66. The van der Waals surface area contributed by atoms with Crippen molar-refractivity contribution in [3.05, 3.63) is 52.9 Å². The number of likely N-dealkylation sites (tertiary alicyclic amines) is 1. The lowest BCUT2D eigenvalue weighted by Crippen LogP contribution is -2.40. The summed E-state index contributed by atoms with van der Waals surface area (Å²) in [6.07, 6.45) is 6.97. The Balaban J connectivity index is 1.59. The van der Waals surface area contributed by atoms with Gasteiger partial charge in [-0.1, -0.05) is 19.4 Å². The average molecular weight is 361 g/mol. The minimum Gasteiger partial charge on any atom is -0.338 e. The normalized spacial score (nSPS) is 17.5. The van der Waals surface area contributed by atoms with E-state index in [1.807, 2.05) is 4.90 Å². The summed E-state index contributed by atoms with van der Waals surface area (Å²) < 4.78 is 26.4. The van der Waals surface area contributed by atoms with Crippen molar-refractivity contribution in [2.45, 2.75) is 45.4 Å². The summed E-state index contributed by atoms with van der Waals surface area (Å²) in [4.78, 5) is 14.7. The minimum atomic E-state index is -0.814. The molecule has 0 bridgehead atoms. The SMILES string of the molecule is CCCc1[nH]ncc1C(=O)N1CCCC(CCc2ccc(F)c(F)c2)C1. The molecular weight excluding hydrogens is 336 g/mol. The van der Waals surface area contributed by atoms with E-state index < -0.39 is 11.6 Å². The Labute approximate surface area is 152 Å². The van der Waals surface area contributed by atoms with Crippen molar-refractivity contribution < 1.29 is 13.6 Å². The van der Waals surface area contributed by atoms with Crippen molar-refractivity contribution in [3.8, 4) is 0 Å². The first-order valence-electron chi connectivity index (χ1n) is 9.34. The largest absolute Gasteiger partial charge is 0.338 e. The number of carbonyl (C=O) groups excluding carboxylic acids is 1. The van der Waals surface area contributed by atoms with Crippen molar-refractivity contribution in [1.29, 1.82) is 0 Å². The number of aryl methyl sites for hydroxylation is 2. The van der Waals surface area contributed by atoms with Crippen LogP contribution in [0.4, 0.5) is 8.78 Å². The molecule has 1 saturated heterocycles. The number of halogens is 2. The molecule has 1 fully saturated rings. The quantitative estimate of drug-likeness (QED) is 0.841. The summed E-state index contributed by atoms with van der Waals surface area (Å²) in [5, 5.41) is 6.96. The molecule has 6 heteroatoms. The number of carbonyl (C=O) groups is 1. The highest BCUT2D eigenvalue weighted by atomic mass is 19.2. The molecule has 26 heavy (non-hydrogen) atoms. The van der Waals surface area contributed by atoms with E-state index in [0.29, 0.717) is 24.4 Å². The molecule has 4 nitrogen and oxygen atoms in total. The van der Waals surface area contributed by atoms with E-state index >= 15 is 0 Å². The number of nitrogens with one attached hydrogen (secondary N) is 1. The second-order valence-electron chi connectivity index (χ2n) is 7.06. The molecule has 1 N–H and O–H groups in total. The van der Waals surface area contributed by atoms with Crippen LogP contribution in [-0.4, -0.2) is 34.1 Å². The van der Waals surface area contributed by atoms with E-state index in [0.717, 1.165) is 49.9 Å². The third-order valence-corrected chi connectivity index (χ3v) is 5.08. The summed E-state index contributed by atoms with van der Waals surface area (Å²) in [5.74, 6) is -1.19. The molecule has 0 radical (unpaired) electrons. The molecule has 0 aliphatic carbocycles. The molecule has 1 unspecified atom stereocenters. The molecule has 2 aromatic rings. The summed E-state index contributed by atoms with van der Waals surface area (Å²) in [7, 11) is 0. The molecule has 0 saturated carbocycles. The van der Waals surface area contributed by atoms with Crippen LogP contribution in [0.5, 0.6) is 0 Å². The highest BCUT2D eigenvalue weighted by molar-refractivity contribution is 5.95. The maximum Gasteiger partial charge on any atom is 0.257 e. The molecule has 0 spiro atoms. The summed E-state index contributed by atoms with van der Waals surface area (Å²) >= 11 is 0. The van der Waals surface area contributed by atoms with E-state index in [4.69, 9.17) is 0 Å². The lowest BCUT2D eigenvalue weighted by molar-refractivity contribution is 0.0667. The van der Waals surface area contributed by atoms with Crippen LogP contribution in [0, 0.1) is 17.6 Å². The highest BCUT2D eigenvalue weighted by Crippen LogP contribution is 2.24. The second kappa shape index (κ2) is 8.43. The number of hydrogen-bond acceptors (Lipinski definition) is 2. The number of nitrogens with zero attached hydrogens (tertiary/aromatic N) is 2. The Bertz CT molecular complexity index is 759. The van der Waals surface area contributed by atoms with Crippen molar-refractivity contribution >= 4 is 5.91 Å². The van der Waals surface area contributed by atoms with E-state index in [1.54, 1.807) is 12.3 Å². The van der Waals surface area contributed by atoms with Crippen LogP contribution in [-0.2, 0) is 12.8 Å². The summed E-state index contributed by atoms with van der Waals surface area (Å²) in [6, 6.07) is 4.08. The monoisotopic (exact) mass is 361 g/mol. The standard InChI is InChI=1S/C20H25F2N3O/c1-2-4-19-16(12-23-24-19)20(26)25-10-3-5-15(13-25)7-6-14-8-9-17(21)18(22)11-14/h8-9,11-12,15H,2-7,10,13H2,1H3,(H,23,24). The molecule has 1 aromatic heterocycles. The fraction of sp³-hybridized carbons (Fsp3) is 0.500. The zero-order chi connectivity index (χ0) is 18.5. The predicted octanol–water partition coefficient (Wildman–Crippen LogP) is 4.13. The van der Waals surface area contributed by atoms with Crippen molar-refractivity contribution in [2.24, 2.45) is 5.92 Å². The van der Waals surface area contributed by atoms with Crippen LogP contribution in [0.2, 0.25) is 0 Å². The molecule has 1 amide bonds. The molecule has 1 aliphatic heterocycles. The molecule has 1 atom stereocenters. The van der Waals surface area contributed by atoms with Gasteiger partial charge in [-0.05, 0) is 55.7 Å². The predicted molar refractivity (Wildman–Crippen MR) is 95.9 cm³/mol. The maximum atomic E-state index is 13.3. The lowest BCUT2D eigenvalue weighted by Gasteiger charge is -2.33. The Morgan fingerprint density at radius 3 is 2.92 bits per heavy atom. The van der Waals surface area contributed by atoms with Gasteiger partial charge in [0.2, 0.25) is 0 Å². The first-order valence-corrected chi connectivity index (χ1v) is 9.34. The number of H-pyrrole nitrogens is 1. The Kier molecular flexibility index (Phi) is 6.01. The van der Waals surface area contributed by atoms with Gasteiger partial charge in [0.15, 0.2) is 11.6 Å². The number of hydrogen-bond donors (Lipinski definition) is 1. The molecule has 1 aromatic carbocycles. The number of aromatic amines is 1. The van der Waals surface area contributed by atoms with Crippen molar-refractivity contribution in [3.63, 3.8) is 0 Å². The van der Waals surface area contributed by atoms with Gasteiger partial charge in [0.1, 0.15) is 0 Å². The van der Waals surface area contributed by atoms with Gasteiger partial charge >= 0.3 is 0 Å². The van der Waals surface area contributed by atoms with Crippen LogP contribution >= 0.6 is 0 Å². The molecule has 3 rings (SSSR count). The third kappa shape index (κ3) is 4.29. The topological polar surface area (TPSA) is 49.0 Å². The first-order chi connectivity index (χ1) is 12.6. The van der Waals surface area contributed by atoms with Crippen molar-refractivity contribution in [2.75, 3.05) is 13.1 Å².